The second-order valence-electron chi connectivity index (χ2n) is 5.17. The van der Waals surface area contributed by atoms with E-state index in [1.54, 1.807) is 30.3 Å². The molecule has 124 valence electrons. The third-order valence-electron chi connectivity index (χ3n) is 3.28. The Kier molecular flexibility index (Phi) is 5.68. The minimum absolute atomic E-state index is 0.0302. The fourth-order valence-corrected chi connectivity index (χ4v) is 2.15. The molecule has 6 heteroatoms. The summed E-state index contributed by atoms with van der Waals surface area (Å²) in [7, 11) is 0. The van der Waals surface area contributed by atoms with E-state index in [1.807, 2.05) is 6.92 Å². The number of para-hydroxylation sites is 1. The maximum Gasteiger partial charge on any atom is 0.257 e. The van der Waals surface area contributed by atoms with E-state index in [0.29, 0.717) is 29.8 Å². The predicted molar refractivity (Wildman–Crippen MR) is 88.7 cm³/mol. The summed E-state index contributed by atoms with van der Waals surface area (Å²) in [5.74, 6) is -1.94. The van der Waals surface area contributed by atoms with E-state index in [4.69, 9.17) is 0 Å². The van der Waals surface area contributed by atoms with Crippen LogP contribution in [0.5, 0.6) is 0 Å². The first-order valence-corrected chi connectivity index (χ1v) is 7.53. The van der Waals surface area contributed by atoms with Crippen LogP contribution >= 0.6 is 0 Å². The molecule has 0 aromatic heterocycles. The topological polar surface area (TPSA) is 98.3 Å². The van der Waals surface area contributed by atoms with Crippen molar-refractivity contribution in [3.8, 4) is 0 Å². The molecule has 0 aliphatic carbocycles. The summed E-state index contributed by atoms with van der Waals surface area (Å²) in [6.07, 6.45) is 1.07. The van der Waals surface area contributed by atoms with Crippen molar-refractivity contribution in [1.82, 2.24) is 0 Å². The number of carboxylic acids is 1. The van der Waals surface area contributed by atoms with E-state index >= 15 is 0 Å². The van der Waals surface area contributed by atoms with Crippen LogP contribution in [0.2, 0.25) is 0 Å². The highest BCUT2D eigenvalue weighted by atomic mass is 16.4. The minimum atomic E-state index is -1.32. The van der Waals surface area contributed by atoms with Gasteiger partial charge in [0.1, 0.15) is 0 Å². The van der Waals surface area contributed by atoms with Crippen LogP contribution < -0.4 is 15.7 Å². The van der Waals surface area contributed by atoms with Crippen LogP contribution in [0.15, 0.2) is 48.5 Å². The molecule has 0 aliphatic rings. The maximum atomic E-state index is 12.4. The Morgan fingerprint density at radius 2 is 1.75 bits per heavy atom. The number of nitrogens with one attached hydrogen (secondary N) is 2. The molecule has 0 saturated heterocycles. The van der Waals surface area contributed by atoms with Crippen LogP contribution in [-0.2, 0) is 4.79 Å². The molecule has 2 rings (SSSR count). The monoisotopic (exact) mass is 325 g/mol. The Bertz CT molecular complexity index is 771. The van der Waals surface area contributed by atoms with Crippen molar-refractivity contribution in [3.05, 3.63) is 59.7 Å². The summed E-state index contributed by atoms with van der Waals surface area (Å²) in [5.41, 5.74) is 0.999. The van der Waals surface area contributed by atoms with Gasteiger partial charge in [-0.1, -0.05) is 31.2 Å². The number of amides is 2. The Labute approximate surface area is 139 Å². The molecule has 0 saturated carbocycles. The summed E-state index contributed by atoms with van der Waals surface area (Å²) in [4.78, 5) is 35.1. The van der Waals surface area contributed by atoms with E-state index in [0.717, 1.165) is 0 Å². The molecular formula is C18H17N2O4-. The summed E-state index contributed by atoms with van der Waals surface area (Å²) in [6, 6.07) is 12.4. The summed E-state index contributed by atoms with van der Waals surface area (Å²) < 4.78 is 0. The summed E-state index contributed by atoms with van der Waals surface area (Å²) >= 11 is 0. The van der Waals surface area contributed by atoms with E-state index in [1.165, 1.54) is 18.2 Å². The van der Waals surface area contributed by atoms with Crippen LogP contribution in [0, 0.1) is 0 Å². The zero-order valence-corrected chi connectivity index (χ0v) is 13.2. The van der Waals surface area contributed by atoms with Crippen LogP contribution in [0.25, 0.3) is 0 Å². The van der Waals surface area contributed by atoms with Crippen LogP contribution in [0.3, 0.4) is 0 Å². The molecule has 0 bridgehead atoms. The van der Waals surface area contributed by atoms with E-state index < -0.39 is 11.9 Å². The zero-order valence-electron chi connectivity index (χ0n) is 13.2. The number of rotatable bonds is 6. The summed E-state index contributed by atoms with van der Waals surface area (Å²) in [6.45, 7) is 1.89. The third kappa shape index (κ3) is 4.42. The molecule has 0 fully saturated rings. The van der Waals surface area contributed by atoms with Gasteiger partial charge in [-0.15, -0.1) is 0 Å². The highest BCUT2D eigenvalue weighted by Gasteiger charge is 2.13. The Balaban J connectivity index is 2.19. The molecule has 0 spiro atoms. The van der Waals surface area contributed by atoms with Gasteiger partial charge in [0.05, 0.1) is 17.2 Å². The summed E-state index contributed by atoms with van der Waals surface area (Å²) in [5, 5.41) is 16.2. The van der Waals surface area contributed by atoms with E-state index in [2.05, 4.69) is 10.6 Å². The van der Waals surface area contributed by atoms with Crippen LogP contribution in [0.1, 0.15) is 40.5 Å². The number of carboxylic acid groups (broad SMARTS) is 1. The molecule has 0 radical (unpaired) electrons. The predicted octanol–water partition coefficient (Wildman–Crippen LogP) is 2.04. The standard InChI is InChI=1S/C18H18N2O4/c1-2-6-16(21)20-15-10-4-3-9-14(15)17(22)19-13-8-5-7-12(11-13)18(23)24/h3-5,7-11H,2,6H2,1H3,(H,19,22)(H,20,21)(H,23,24)/p-1. The Hall–Kier alpha value is -3.15. The average Bonchev–Trinajstić information content (AvgIpc) is 2.55. The van der Waals surface area contributed by atoms with Crippen molar-refractivity contribution < 1.29 is 19.5 Å². The molecule has 2 N–H and O–H groups in total. The number of aromatic carboxylic acids is 1. The zero-order chi connectivity index (χ0) is 17.5. The van der Waals surface area contributed by atoms with Crippen molar-refractivity contribution in [3.63, 3.8) is 0 Å². The molecule has 0 unspecified atom stereocenters. The maximum absolute atomic E-state index is 12.4. The Morgan fingerprint density at radius 1 is 1.00 bits per heavy atom. The lowest BCUT2D eigenvalue weighted by atomic mass is 10.1. The third-order valence-corrected chi connectivity index (χ3v) is 3.28. The highest BCUT2D eigenvalue weighted by molar-refractivity contribution is 6.10. The van der Waals surface area contributed by atoms with Gasteiger partial charge in [-0.3, -0.25) is 9.59 Å². The van der Waals surface area contributed by atoms with Crippen molar-refractivity contribution in [2.75, 3.05) is 10.6 Å². The molecule has 0 atom stereocenters. The average molecular weight is 325 g/mol. The normalized spacial score (nSPS) is 10.0. The number of hydrogen-bond acceptors (Lipinski definition) is 4. The van der Waals surface area contributed by atoms with Gasteiger partial charge in [0, 0.05) is 12.1 Å². The fraction of sp³-hybridized carbons (Fsp3) is 0.167. The Morgan fingerprint density at radius 3 is 2.46 bits per heavy atom. The first-order valence-electron chi connectivity index (χ1n) is 7.53. The number of benzene rings is 2. The quantitative estimate of drug-likeness (QED) is 0.849. The molecule has 24 heavy (non-hydrogen) atoms. The van der Waals surface area contributed by atoms with Gasteiger partial charge in [-0.25, -0.2) is 0 Å². The number of anilines is 2. The molecule has 6 nitrogen and oxygen atoms in total. The largest absolute Gasteiger partial charge is 0.545 e. The van der Waals surface area contributed by atoms with E-state index in [9.17, 15) is 19.5 Å². The van der Waals surface area contributed by atoms with Crippen LogP contribution in [-0.4, -0.2) is 17.8 Å². The molecule has 0 heterocycles. The van der Waals surface area contributed by atoms with Gasteiger partial charge < -0.3 is 20.5 Å². The lowest BCUT2D eigenvalue weighted by molar-refractivity contribution is -0.255. The van der Waals surface area contributed by atoms with Crippen molar-refractivity contribution in [1.29, 1.82) is 0 Å². The molecule has 2 amide bonds. The number of carbonyl (C=O) groups is 3. The second kappa shape index (κ2) is 7.92. The molecular weight excluding hydrogens is 308 g/mol. The lowest BCUT2D eigenvalue weighted by Gasteiger charge is -2.12. The highest BCUT2D eigenvalue weighted by Crippen LogP contribution is 2.18. The smallest absolute Gasteiger partial charge is 0.257 e. The second-order valence-corrected chi connectivity index (χ2v) is 5.17. The number of carbonyl (C=O) groups excluding carboxylic acids is 3. The van der Waals surface area contributed by atoms with Gasteiger partial charge in [0.2, 0.25) is 5.91 Å². The molecule has 2 aromatic carbocycles. The molecule has 2 aromatic rings. The van der Waals surface area contributed by atoms with E-state index in [-0.39, 0.29) is 11.5 Å². The first-order chi connectivity index (χ1) is 11.5. The van der Waals surface area contributed by atoms with Gasteiger partial charge in [-0.05, 0) is 36.2 Å². The van der Waals surface area contributed by atoms with Gasteiger partial charge in [0.15, 0.2) is 0 Å². The van der Waals surface area contributed by atoms with Crippen LogP contribution in [0.4, 0.5) is 11.4 Å². The fourth-order valence-electron chi connectivity index (χ4n) is 2.15. The van der Waals surface area contributed by atoms with Crippen molar-refractivity contribution in [2.45, 2.75) is 19.8 Å². The van der Waals surface area contributed by atoms with Gasteiger partial charge in [0.25, 0.3) is 5.91 Å². The van der Waals surface area contributed by atoms with Crippen molar-refractivity contribution in [2.24, 2.45) is 0 Å². The number of hydrogen-bond donors (Lipinski definition) is 2. The lowest BCUT2D eigenvalue weighted by Crippen LogP contribution is -2.22. The van der Waals surface area contributed by atoms with Gasteiger partial charge >= 0.3 is 0 Å². The van der Waals surface area contributed by atoms with Gasteiger partial charge in [-0.2, -0.15) is 0 Å². The SMILES string of the molecule is CCCC(=O)Nc1ccccc1C(=O)Nc1cccc(C(=O)[O-])c1. The van der Waals surface area contributed by atoms with Crippen molar-refractivity contribution >= 4 is 29.2 Å². The first kappa shape index (κ1) is 17.2. The minimum Gasteiger partial charge on any atom is -0.545 e. The molecule has 0 aliphatic heterocycles.